The first-order valence-electron chi connectivity index (χ1n) is 10.8. The maximum absolute atomic E-state index is 13.9. The number of nitrogens with zero attached hydrogens (tertiary/aromatic N) is 3. The molecular weight excluding hydrogens is 405 g/mol. The Hall–Kier alpha value is -1.51. The third-order valence-electron chi connectivity index (χ3n) is 6.38. The van der Waals surface area contributed by atoms with Crippen LogP contribution in [-0.2, 0) is 16.4 Å². The van der Waals surface area contributed by atoms with Crippen LogP contribution in [0.2, 0.25) is 0 Å². The van der Waals surface area contributed by atoms with Crippen LogP contribution in [0.25, 0.3) is 5.57 Å². The number of hydrogen-bond acceptors (Lipinski definition) is 5. The number of hydrogen-bond donors (Lipinski definition) is 0. The highest BCUT2D eigenvalue weighted by Crippen LogP contribution is 2.36. The van der Waals surface area contributed by atoms with Crippen molar-refractivity contribution >= 4 is 15.6 Å². The fraction of sp³-hybridized carbons (Fsp3) is 0.682. The molecule has 1 fully saturated rings. The van der Waals surface area contributed by atoms with E-state index in [9.17, 15) is 12.8 Å². The Morgan fingerprint density at radius 1 is 1.27 bits per heavy atom. The zero-order chi connectivity index (χ0) is 21.5. The fourth-order valence-electron chi connectivity index (χ4n) is 4.81. The predicted octanol–water partition coefficient (Wildman–Crippen LogP) is 2.89. The van der Waals surface area contributed by atoms with Gasteiger partial charge < -0.3 is 9.64 Å². The second-order valence-electron chi connectivity index (χ2n) is 9.47. The van der Waals surface area contributed by atoms with E-state index in [4.69, 9.17) is 4.74 Å². The molecule has 166 valence electrons. The molecule has 1 aromatic heterocycles. The van der Waals surface area contributed by atoms with Gasteiger partial charge in [0, 0.05) is 31.6 Å². The molecule has 1 unspecified atom stereocenters. The normalized spacial score (nSPS) is 24.4. The first-order valence-corrected chi connectivity index (χ1v) is 12.6. The van der Waals surface area contributed by atoms with Gasteiger partial charge in [-0.15, -0.1) is 0 Å². The molecule has 0 radical (unpaired) electrons. The Balaban J connectivity index is 1.36. The highest BCUT2D eigenvalue weighted by Gasteiger charge is 2.34. The zero-order valence-electron chi connectivity index (χ0n) is 18.1. The van der Waals surface area contributed by atoms with Crippen molar-refractivity contribution in [3.8, 4) is 5.75 Å². The number of sulfonamides is 1. The van der Waals surface area contributed by atoms with Gasteiger partial charge in [0.1, 0.15) is 17.5 Å². The molecule has 1 saturated heterocycles. The van der Waals surface area contributed by atoms with E-state index in [0.29, 0.717) is 32.0 Å². The summed E-state index contributed by atoms with van der Waals surface area (Å²) in [5.41, 5.74) is 2.06. The Kier molecular flexibility index (Phi) is 5.94. The van der Waals surface area contributed by atoms with Crippen LogP contribution in [0.15, 0.2) is 18.3 Å². The quantitative estimate of drug-likeness (QED) is 0.709. The monoisotopic (exact) mass is 437 g/mol. The topological polar surface area (TPSA) is 62.7 Å². The minimum Gasteiger partial charge on any atom is -0.488 e. The lowest BCUT2D eigenvalue weighted by Crippen LogP contribution is -2.43. The third kappa shape index (κ3) is 5.03. The van der Waals surface area contributed by atoms with Gasteiger partial charge in [0.05, 0.1) is 18.1 Å². The molecular formula is C22H32FN3O3S. The average Bonchev–Trinajstić information content (AvgIpc) is 3.10. The first kappa shape index (κ1) is 21.7. The SMILES string of the molecule is CC(C)(F)CN1CCC(C2Cc3cc(C4=CCN(S(C)(=O)=O)CC4)ncc3O2)CC1. The summed E-state index contributed by atoms with van der Waals surface area (Å²) in [4.78, 5) is 6.80. The van der Waals surface area contributed by atoms with Crippen LogP contribution >= 0.6 is 0 Å². The Morgan fingerprint density at radius 3 is 2.60 bits per heavy atom. The lowest BCUT2D eigenvalue weighted by molar-refractivity contribution is 0.0606. The first-order chi connectivity index (χ1) is 14.1. The molecule has 0 spiro atoms. The molecule has 3 aliphatic heterocycles. The van der Waals surface area contributed by atoms with Gasteiger partial charge in [-0.25, -0.2) is 12.8 Å². The zero-order valence-corrected chi connectivity index (χ0v) is 18.9. The van der Waals surface area contributed by atoms with E-state index < -0.39 is 15.7 Å². The summed E-state index contributed by atoms with van der Waals surface area (Å²) in [6, 6.07) is 2.11. The molecule has 0 bridgehead atoms. The number of piperidine rings is 1. The highest BCUT2D eigenvalue weighted by molar-refractivity contribution is 7.88. The van der Waals surface area contributed by atoms with E-state index in [1.54, 1.807) is 13.8 Å². The van der Waals surface area contributed by atoms with Crippen molar-refractivity contribution < 1.29 is 17.5 Å². The van der Waals surface area contributed by atoms with Crippen molar-refractivity contribution in [2.24, 2.45) is 5.92 Å². The minimum atomic E-state index is -3.15. The molecule has 1 atom stereocenters. The molecule has 1 aromatic rings. The van der Waals surface area contributed by atoms with Crippen molar-refractivity contribution in [1.29, 1.82) is 0 Å². The Bertz CT molecular complexity index is 918. The number of alkyl halides is 1. The van der Waals surface area contributed by atoms with Crippen LogP contribution in [0.4, 0.5) is 4.39 Å². The predicted molar refractivity (Wildman–Crippen MR) is 116 cm³/mol. The van der Waals surface area contributed by atoms with Gasteiger partial charge in [0.2, 0.25) is 10.0 Å². The van der Waals surface area contributed by atoms with E-state index >= 15 is 0 Å². The molecule has 0 saturated carbocycles. The number of likely N-dealkylation sites (tertiary alicyclic amines) is 1. The number of halogens is 1. The lowest BCUT2D eigenvalue weighted by atomic mass is 9.88. The number of pyridine rings is 1. The van der Waals surface area contributed by atoms with Gasteiger partial charge in [-0.3, -0.25) is 4.98 Å². The molecule has 0 aromatic carbocycles. The number of fused-ring (bicyclic) bond motifs is 1. The highest BCUT2D eigenvalue weighted by atomic mass is 32.2. The van der Waals surface area contributed by atoms with E-state index in [1.165, 1.54) is 16.1 Å². The molecule has 4 rings (SSSR count). The van der Waals surface area contributed by atoms with E-state index in [2.05, 4.69) is 16.0 Å². The summed E-state index contributed by atoms with van der Waals surface area (Å²) < 4.78 is 45.0. The summed E-state index contributed by atoms with van der Waals surface area (Å²) in [5, 5.41) is 0. The average molecular weight is 438 g/mol. The van der Waals surface area contributed by atoms with Gasteiger partial charge in [0.25, 0.3) is 0 Å². The molecule has 0 amide bonds. The van der Waals surface area contributed by atoms with Gasteiger partial charge in [-0.05, 0) is 63.8 Å². The van der Waals surface area contributed by atoms with Gasteiger partial charge in [-0.1, -0.05) is 6.08 Å². The van der Waals surface area contributed by atoms with Gasteiger partial charge >= 0.3 is 0 Å². The lowest BCUT2D eigenvalue weighted by Gasteiger charge is -2.36. The molecule has 4 heterocycles. The number of ether oxygens (including phenoxy) is 1. The molecule has 0 N–H and O–H groups in total. The van der Waals surface area contributed by atoms with Crippen LogP contribution in [0, 0.1) is 5.92 Å². The molecule has 0 aliphatic carbocycles. The van der Waals surface area contributed by atoms with Crippen molar-refractivity contribution in [2.45, 2.75) is 51.3 Å². The largest absolute Gasteiger partial charge is 0.488 e. The van der Waals surface area contributed by atoms with Crippen molar-refractivity contribution in [2.75, 3.05) is 39.0 Å². The van der Waals surface area contributed by atoms with Crippen molar-refractivity contribution in [3.05, 3.63) is 29.6 Å². The van der Waals surface area contributed by atoms with Crippen molar-refractivity contribution in [1.82, 2.24) is 14.2 Å². The van der Waals surface area contributed by atoms with Gasteiger partial charge in [0.15, 0.2) is 0 Å². The Labute approximate surface area is 179 Å². The summed E-state index contributed by atoms with van der Waals surface area (Å²) in [6.45, 7) is 6.51. The number of rotatable bonds is 5. The van der Waals surface area contributed by atoms with Crippen LogP contribution < -0.4 is 4.74 Å². The standard InChI is InChI=1S/C22H32FN3O3S/c1-22(2,23)15-25-8-4-17(5-9-25)20-13-18-12-19(24-14-21(18)29-20)16-6-10-26(11-7-16)30(3,27)28/h6,12,14,17,20H,4-5,7-11,13,15H2,1-3H3. The summed E-state index contributed by atoms with van der Waals surface area (Å²) in [6.07, 6.45) is 8.81. The maximum Gasteiger partial charge on any atom is 0.211 e. The van der Waals surface area contributed by atoms with Crippen LogP contribution in [-0.4, -0.2) is 73.4 Å². The van der Waals surface area contributed by atoms with Crippen LogP contribution in [0.3, 0.4) is 0 Å². The van der Waals surface area contributed by atoms with Gasteiger partial charge in [-0.2, -0.15) is 4.31 Å². The van der Waals surface area contributed by atoms with Crippen molar-refractivity contribution in [3.63, 3.8) is 0 Å². The Morgan fingerprint density at radius 2 is 2.00 bits per heavy atom. The third-order valence-corrected chi connectivity index (χ3v) is 7.64. The second-order valence-corrected chi connectivity index (χ2v) is 11.5. The van der Waals surface area contributed by atoms with E-state index in [-0.39, 0.29) is 6.10 Å². The van der Waals surface area contributed by atoms with E-state index in [0.717, 1.165) is 49.4 Å². The smallest absolute Gasteiger partial charge is 0.211 e. The molecule has 6 nitrogen and oxygen atoms in total. The summed E-state index contributed by atoms with van der Waals surface area (Å²) in [7, 11) is -3.15. The summed E-state index contributed by atoms with van der Waals surface area (Å²) >= 11 is 0. The van der Waals surface area contributed by atoms with Crippen LogP contribution in [0.1, 0.15) is 44.4 Å². The van der Waals surface area contributed by atoms with E-state index in [1.807, 2.05) is 12.3 Å². The minimum absolute atomic E-state index is 0.165. The second kappa shape index (κ2) is 8.20. The van der Waals surface area contributed by atoms with Crippen LogP contribution in [0.5, 0.6) is 5.75 Å². The molecule has 8 heteroatoms. The summed E-state index contributed by atoms with van der Waals surface area (Å²) in [5.74, 6) is 1.35. The number of aromatic nitrogens is 1. The molecule has 30 heavy (non-hydrogen) atoms. The fourth-order valence-corrected chi connectivity index (χ4v) is 5.58. The maximum atomic E-state index is 13.9. The molecule has 3 aliphatic rings.